The number of benzene rings is 1. The average molecular weight is 331 g/mol. The van der Waals surface area contributed by atoms with Gasteiger partial charge in [0.25, 0.3) is 0 Å². The molecule has 0 atom stereocenters. The van der Waals surface area contributed by atoms with Gasteiger partial charge in [0.05, 0.1) is 16.7 Å². The summed E-state index contributed by atoms with van der Waals surface area (Å²) in [7, 11) is 0. The van der Waals surface area contributed by atoms with Gasteiger partial charge in [-0.2, -0.15) is 0 Å². The minimum absolute atomic E-state index is 0.113. The summed E-state index contributed by atoms with van der Waals surface area (Å²) in [6.45, 7) is 1.52. The van der Waals surface area contributed by atoms with Crippen LogP contribution in [-0.2, 0) is 0 Å². The Hall–Kier alpha value is -3.34. The zero-order chi connectivity index (χ0) is 17.4. The summed E-state index contributed by atoms with van der Waals surface area (Å²) < 4.78 is 15.0. The third-order valence-corrected chi connectivity index (χ3v) is 4.13. The third-order valence-electron chi connectivity index (χ3n) is 4.13. The number of hydrogen-bond donors (Lipinski definition) is 0. The Labute approximate surface area is 143 Å². The minimum atomic E-state index is -0.308. The van der Waals surface area contributed by atoms with Crippen molar-refractivity contribution >= 4 is 16.9 Å². The van der Waals surface area contributed by atoms with Crippen molar-refractivity contribution in [3.63, 3.8) is 0 Å². The maximum Gasteiger partial charge on any atom is 0.228 e. The first-order chi connectivity index (χ1) is 12.2. The first-order valence-corrected chi connectivity index (χ1v) is 7.83. The predicted octanol–water partition coefficient (Wildman–Crippen LogP) is 4.56. The Balaban J connectivity index is 2.16. The summed E-state index contributed by atoms with van der Waals surface area (Å²) in [4.78, 5) is 21.0. The molecule has 4 nitrogen and oxygen atoms in total. The molecule has 0 saturated carbocycles. The summed E-state index contributed by atoms with van der Waals surface area (Å²) >= 11 is 0. The number of hydrogen-bond acceptors (Lipinski definition) is 3. The van der Waals surface area contributed by atoms with Crippen molar-refractivity contribution in [2.24, 2.45) is 0 Å². The summed E-state index contributed by atoms with van der Waals surface area (Å²) in [5.74, 6) is -0.421. The molecular formula is C20H14FN3O. The van der Waals surface area contributed by atoms with Gasteiger partial charge in [-0.25, -0.2) is 4.39 Å². The number of carbonyl (C=O) groups excluding carboxylic acids is 1. The first kappa shape index (κ1) is 15.2. The number of pyridine rings is 2. The molecule has 0 spiro atoms. The van der Waals surface area contributed by atoms with Gasteiger partial charge in [-0.1, -0.05) is 12.1 Å². The van der Waals surface area contributed by atoms with E-state index in [1.807, 2.05) is 18.2 Å². The van der Waals surface area contributed by atoms with Crippen LogP contribution in [-0.4, -0.2) is 20.4 Å². The maximum atomic E-state index is 13.4. The minimum Gasteiger partial charge on any atom is -0.278 e. The van der Waals surface area contributed by atoms with Crippen molar-refractivity contribution in [2.45, 2.75) is 6.92 Å². The monoisotopic (exact) mass is 331 g/mol. The molecule has 4 rings (SSSR count). The van der Waals surface area contributed by atoms with Crippen molar-refractivity contribution in [2.75, 3.05) is 0 Å². The second-order valence-electron chi connectivity index (χ2n) is 5.69. The highest BCUT2D eigenvalue weighted by Gasteiger charge is 2.22. The second kappa shape index (κ2) is 5.94. The quantitative estimate of drug-likeness (QED) is 0.541. The Morgan fingerprint density at radius 1 is 0.960 bits per heavy atom. The van der Waals surface area contributed by atoms with Gasteiger partial charge in [0, 0.05) is 36.6 Å². The van der Waals surface area contributed by atoms with E-state index < -0.39 is 0 Å². The van der Waals surface area contributed by atoms with Crippen LogP contribution in [0.3, 0.4) is 0 Å². The second-order valence-corrected chi connectivity index (χ2v) is 5.69. The molecule has 0 aliphatic heterocycles. The normalized spacial score (nSPS) is 11.0. The number of nitrogens with zero attached hydrogens (tertiary/aromatic N) is 3. The number of carbonyl (C=O) groups is 1. The van der Waals surface area contributed by atoms with E-state index in [0.29, 0.717) is 5.52 Å². The Morgan fingerprint density at radius 3 is 2.36 bits per heavy atom. The molecule has 5 heteroatoms. The number of fused-ring (bicyclic) bond motifs is 1. The molecular weight excluding hydrogens is 317 g/mol. The van der Waals surface area contributed by atoms with Gasteiger partial charge in [-0.05, 0) is 42.0 Å². The molecule has 122 valence electrons. The van der Waals surface area contributed by atoms with Crippen LogP contribution >= 0.6 is 0 Å². The average Bonchev–Trinajstić information content (AvgIpc) is 2.98. The van der Waals surface area contributed by atoms with E-state index in [-0.39, 0.29) is 11.7 Å². The van der Waals surface area contributed by atoms with Crippen LogP contribution in [0.25, 0.3) is 33.4 Å². The van der Waals surface area contributed by atoms with E-state index in [2.05, 4.69) is 9.97 Å². The molecule has 0 unspecified atom stereocenters. The van der Waals surface area contributed by atoms with Crippen LogP contribution in [0.2, 0.25) is 0 Å². The van der Waals surface area contributed by atoms with Crippen molar-refractivity contribution in [1.82, 2.24) is 14.5 Å². The predicted molar refractivity (Wildman–Crippen MR) is 94.7 cm³/mol. The van der Waals surface area contributed by atoms with Crippen LogP contribution in [0.15, 0.2) is 67.1 Å². The number of rotatable bonds is 2. The van der Waals surface area contributed by atoms with Crippen molar-refractivity contribution in [1.29, 1.82) is 0 Å². The molecule has 0 N–H and O–H groups in total. The maximum absolute atomic E-state index is 13.4. The van der Waals surface area contributed by atoms with Crippen LogP contribution in [0.1, 0.15) is 11.7 Å². The van der Waals surface area contributed by atoms with Crippen LogP contribution < -0.4 is 0 Å². The molecule has 3 heterocycles. The molecule has 0 amide bonds. The van der Waals surface area contributed by atoms with E-state index in [4.69, 9.17) is 0 Å². The van der Waals surface area contributed by atoms with Gasteiger partial charge >= 0.3 is 0 Å². The van der Waals surface area contributed by atoms with E-state index >= 15 is 0 Å². The number of aromatic nitrogens is 3. The zero-order valence-electron chi connectivity index (χ0n) is 13.5. The van der Waals surface area contributed by atoms with Crippen LogP contribution in [0, 0.1) is 5.82 Å². The Bertz CT molecular complexity index is 1070. The van der Waals surface area contributed by atoms with Crippen LogP contribution in [0.5, 0.6) is 0 Å². The molecule has 0 saturated heterocycles. The van der Waals surface area contributed by atoms with Gasteiger partial charge in [0.1, 0.15) is 5.82 Å². The summed E-state index contributed by atoms with van der Waals surface area (Å²) in [6.07, 6.45) is 5.05. The molecule has 0 bridgehead atoms. The topological polar surface area (TPSA) is 47.8 Å². The van der Waals surface area contributed by atoms with E-state index in [1.54, 1.807) is 41.4 Å². The molecule has 25 heavy (non-hydrogen) atoms. The van der Waals surface area contributed by atoms with Crippen molar-refractivity contribution in [3.8, 4) is 22.4 Å². The van der Waals surface area contributed by atoms with Crippen LogP contribution in [0.4, 0.5) is 4.39 Å². The van der Waals surface area contributed by atoms with E-state index in [1.165, 1.54) is 19.1 Å². The summed E-state index contributed by atoms with van der Waals surface area (Å²) in [5.41, 5.74) is 4.61. The van der Waals surface area contributed by atoms with Crippen molar-refractivity contribution in [3.05, 3.63) is 72.9 Å². The van der Waals surface area contributed by atoms with Gasteiger partial charge in [-0.3, -0.25) is 19.3 Å². The molecule has 0 fully saturated rings. The lowest BCUT2D eigenvalue weighted by molar-refractivity contribution is 0.0943. The van der Waals surface area contributed by atoms with Gasteiger partial charge in [0.2, 0.25) is 5.91 Å². The molecule has 1 aromatic carbocycles. The SMILES string of the molecule is CC(=O)n1c(-c2ccncc2)c(-c2ccc(F)cc2)c2ncccc21. The lowest BCUT2D eigenvalue weighted by Gasteiger charge is -2.09. The highest BCUT2D eigenvalue weighted by molar-refractivity contribution is 6.07. The molecule has 3 aromatic heterocycles. The largest absolute Gasteiger partial charge is 0.278 e. The van der Waals surface area contributed by atoms with Crippen molar-refractivity contribution < 1.29 is 9.18 Å². The fourth-order valence-electron chi connectivity index (χ4n) is 3.11. The molecule has 0 aliphatic carbocycles. The van der Waals surface area contributed by atoms with Gasteiger partial charge < -0.3 is 0 Å². The standard InChI is InChI=1S/C20H14FN3O/c1-13(25)24-17-3-2-10-23-19(17)18(14-4-6-16(21)7-5-14)20(24)15-8-11-22-12-9-15/h2-12H,1H3. The highest BCUT2D eigenvalue weighted by Crippen LogP contribution is 2.39. The Morgan fingerprint density at radius 2 is 1.68 bits per heavy atom. The fourth-order valence-corrected chi connectivity index (χ4v) is 3.11. The summed E-state index contributed by atoms with van der Waals surface area (Å²) in [6, 6.07) is 13.6. The molecule has 4 aromatic rings. The zero-order valence-corrected chi connectivity index (χ0v) is 13.5. The number of halogens is 1. The highest BCUT2D eigenvalue weighted by atomic mass is 19.1. The van der Waals surface area contributed by atoms with E-state index in [0.717, 1.165) is 27.9 Å². The molecule has 0 aliphatic rings. The molecule has 0 radical (unpaired) electrons. The summed E-state index contributed by atoms with van der Waals surface area (Å²) in [5, 5.41) is 0. The van der Waals surface area contributed by atoms with Gasteiger partial charge in [-0.15, -0.1) is 0 Å². The lowest BCUT2D eigenvalue weighted by atomic mass is 10.0. The van der Waals surface area contributed by atoms with E-state index in [9.17, 15) is 9.18 Å². The lowest BCUT2D eigenvalue weighted by Crippen LogP contribution is -2.07. The third kappa shape index (κ3) is 2.50. The van der Waals surface area contributed by atoms with Gasteiger partial charge in [0.15, 0.2) is 0 Å². The first-order valence-electron chi connectivity index (χ1n) is 7.83. The fraction of sp³-hybridized carbons (Fsp3) is 0.0500. The Kier molecular flexibility index (Phi) is 3.61. The smallest absolute Gasteiger partial charge is 0.228 e.